The highest BCUT2D eigenvalue weighted by atomic mass is 35.5. The second-order valence-electron chi connectivity index (χ2n) is 2.30. The van der Waals surface area contributed by atoms with Gasteiger partial charge in [-0.25, -0.2) is 5.01 Å². The average Bonchev–Trinajstić information content (AvgIpc) is 2.09. The Kier molecular flexibility index (Phi) is 7.79. The van der Waals surface area contributed by atoms with E-state index in [1.807, 2.05) is 0 Å². The van der Waals surface area contributed by atoms with Gasteiger partial charge in [0.1, 0.15) is 0 Å². The van der Waals surface area contributed by atoms with Crippen LogP contribution in [0.1, 0.15) is 6.92 Å². The highest BCUT2D eigenvalue weighted by Crippen LogP contribution is 1.88. The van der Waals surface area contributed by atoms with Gasteiger partial charge in [-0.15, -0.1) is 0 Å². The van der Waals surface area contributed by atoms with Crippen molar-refractivity contribution in [2.45, 2.75) is 6.92 Å². The van der Waals surface area contributed by atoms with Crippen molar-refractivity contribution in [3.05, 3.63) is 23.2 Å². The molecule has 13 heavy (non-hydrogen) atoms. The minimum Gasteiger partial charge on any atom is -0.289 e. The standard InChI is InChI=1S/C8H12Cl2N2O/c1-8(13)11-12(6-2-4-9)7-3-5-10/h2-5H,6-7H2,1H3,(H,11,13). The number of hydrogen-bond acceptors (Lipinski definition) is 2. The molecule has 0 bridgehead atoms. The summed E-state index contributed by atoms with van der Waals surface area (Å²) in [5.41, 5.74) is 5.43. The lowest BCUT2D eigenvalue weighted by Crippen LogP contribution is -2.41. The molecular formula is C8H12Cl2N2O. The number of rotatable bonds is 5. The van der Waals surface area contributed by atoms with Crippen LogP contribution in [0.5, 0.6) is 0 Å². The zero-order valence-corrected chi connectivity index (χ0v) is 8.85. The summed E-state index contributed by atoms with van der Waals surface area (Å²) in [4.78, 5) is 10.7. The van der Waals surface area contributed by atoms with Crippen LogP contribution in [0.2, 0.25) is 0 Å². The summed E-state index contributed by atoms with van der Waals surface area (Å²) in [5, 5.41) is 1.68. The summed E-state index contributed by atoms with van der Waals surface area (Å²) in [6, 6.07) is 0. The summed E-state index contributed by atoms with van der Waals surface area (Å²) < 4.78 is 0. The molecule has 0 aromatic heterocycles. The van der Waals surface area contributed by atoms with Crippen molar-refractivity contribution >= 4 is 29.1 Å². The lowest BCUT2D eigenvalue weighted by Gasteiger charge is -2.18. The second-order valence-corrected chi connectivity index (χ2v) is 2.80. The quantitative estimate of drug-likeness (QED) is 0.721. The molecule has 0 aliphatic heterocycles. The van der Waals surface area contributed by atoms with Gasteiger partial charge in [0, 0.05) is 31.1 Å². The normalized spacial score (nSPS) is 11.7. The van der Waals surface area contributed by atoms with E-state index < -0.39 is 0 Å². The van der Waals surface area contributed by atoms with E-state index in [2.05, 4.69) is 5.43 Å². The number of amides is 1. The predicted octanol–water partition coefficient (Wildman–Crippen LogP) is 1.84. The van der Waals surface area contributed by atoms with Crippen LogP contribution in [-0.2, 0) is 4.79 Å². The zero-order valence-electron chi connectivity index (χ0n) is 7.34. The molecule has 74 valence electrons. The maximum atomic E-state index is 10.7. The summed E-state index contributed by atoms with van der Waals surface area (Å²) in [6.07, 6.45) is 3.44. The Morgan fingerprint density at radius 1 is 1.31 bits per heavy atom. The molecule has 0 heterocycles. The molecule has 0 unspecified atom stereocenters. The van der Waals surface area contributed by atoms with Crippen LogP contribution in [0.15, 0.2) is 23.2 Å². The van der Waals surface area contributed by atoms with Gasteiger partial charge in [0.2, 0.25) is 5.91 Å². The van der Waals surface area contributed by atoms with E-state index in [9.17, 15) is 4.79 Å². The topological polar surface area (TPSA) is 32.3 Å². The third-order valence-corrected chi connectivity index (χ3v) is 1.50. The van der Waals surface area contributed by atoms with Crippen LogP contribution < -0.4 is 5.43 Å². The predicted molar refractivity (Wildman–Crippen MR) is 55.4 cm³/mol. The molecule has 1 amide bonds. The van der Waals surface area contributed by atoms with Crippen molar-refractivity contribution in [1.82, 2.24) is 10.4 Å². The molecule has 0 aromatic carbocycles. The van der Waals surface area contributed by atoms with E-state index in [0.717, 1.165) is 0 Å². The fraction of sp³-hybridized carbons (Fsp3) is 0.375. The van der Waals surface area contributed by atoms with Crippen molar-refractivity contribution < 1.29 is 4.79 Å². The molecular weight excluding hydrogens is 211 g/mol. The molecule has 0 saturated heterocycles. The van der Waals surface area contributed by atoms with Gasteiger partial charge in [-0.2, -0.15) is 0 Å². The van der Waals surface area contributed by atoms with E-state index in [1.54, 1.807) is 17.2 Å². The van der Waals surface area contributed by atoms with Crippen molar-refractivity contribution in [3.63, 3.8) is 0 Å². The molecule has 3 nitrogen and oxygen atoms in total. The number of nitrogens with zero attached hydrogens (tertiary/aromatic N) is 1. The van der Waals surface area contributed by atoms with Gasteiger partial charge in [0.25, 0.3) is 0 Å². The molecule has 0 radical (unpaired) electrons. The maximum Gasteiger partial charge on any atom is 0.231 e. The van der Waals surface area contributed by atoms with Crippen molar-refractivity contribution in [1.29, 1.82) is 0 Å². The third kappa shape index (κ3) is 7.84. The Hall–Kier alpha value is -0.510. The van der Waals surface area contributed by atoms with E-state index in [1.165, 1.54) is 18.0 Å². The zero-order chi connectivity index (χ0) is 10.1. The van der Waals surface area contributed by atoms with Crippen molar-refractivity contribution in [3.8, 4) is 0 Å². The van der Waals surface area contributed by atoms with E-state index in [0.29, 0.717) is 13.1 Å². The highest BCUT2D eigenvalue weighted by molar-refractivity contribution is 6.25. The number of hydrazine groups is 1. The van der Waals surface area contributed by atoms with Crippen LogP contribution in [0.25, 0.3) is 0 Å². The molecule has 0 atom stereocenters. The summed E-state index contributed by atoms with van der Waals surface area (Å²) in [7, 11) is 0. The minimum atomic E-state index is -0.119. The number of carbonyl (C=O) groups excluding carboxylic acids is 1. The summed E-state index contributed by atoms with van der Waals surface area (Å²) in [6.45, 7) is 2.54. The van der Waals surface area contributed by atoms with E-state index in [-0.39, 0.29) is 5.91 Å². The first-order valence-electron chi connectivity index (χ1n) is 3.73. The lowest BCUT2D eigenvalue weighted by atomic mass is 10.5. The molecule has 0 aromatic rings. The minimum absolute atomic E-state index is 0.119. The Labute approximate surface area is 88.0 Å². The molecule has 1 N–H and O–H groups in total. The van der Waals surface area contributed by atoms with Crippen LogP contribution >= 0.6 is 23.2 Å². The largest absolute Gasteiger partial charge is 0.289 e. The molecule has 0 aliphatic rings. The van der Waals surface area contributed by atoms with Gasteiger partial charge in [0.05, 0.1) is 0 Å². The summed E-state index contributed by atoms with van der Waals surface area (Å²) >= 11 is 10.7. The van der Waals surface area contributed by atoms with Crippen molar-refractivity contribution in [2.75, 3.05) is 13.1 Å². The molecule has 0 spiro atoms. The molecule has 0 aliphatic carbocycles. The molecule has 5 heteroatoms. The van der Waals surface area contributed by atoms with Gasteiger partial charge in [-0.05, 0) is 0 Å². The smallest absolute Gasteiger partial charge is 0.231 e. The van der Waals surface area contributed by atoms with Crippen LogP contribution in [0, 0.1) is 0 Å². The van der Waals surface area contributed by atoms with E-state index >= 15 is 0 Å². The van der Waals surface area contributed by atoms with Gasteiger partial charge in [0.15, 0.2) is 0 Å². The SMILES string of the molecule is CC(=O)NN(CC=CCl)CC=CCl. The van der Waals surface area contributed by atoms with Crippen LogP contribution in [0.4, 0.5) is 0 Å². The number of nitrogens with one attached hydrogen (secondary N) is 1. The van der Waals surface area contributed by atoms with Crippen molar-refractivity contribution in [2.24, 2.45) is 0 Å². The monoisotopic (exact) mass is 222 g/mol. The fourth-order valence-electron chi connectivity index (χ4n) is 0.723. The third-order valence-electron chi connectivity index (χ3n) is 1.15. The Bertz CT molecular complexity index is 190. The highest BCUT2D eigenvalue weighted by Gasteiger charge is 2.00. The first-order valence-corrected chi connectivity index (χ1v) is 4.60. The van der Waals surface area contributed by atoms with Gasteiger partial charge in [-0.1, -0.05) is 35.4 Å². The first-order chi connectivity index (χ1) is 6.20. The number of hydrogen-bond donors (Lipinski definition) is 1. The molecule has 0 fully saturated rings. The Morgan fingerprint density at radius 3 is 2.08 bits per heavy atom. The number of carbonyl (C=O) groups is 1. The number of halogens is 2. The van der Waals surface area contributed by atoms with Crippen LogP contribution in [0.3, 0.4) is 0 Å². The Balaban J connectivity index is 3.93. The second kappa shape index (κ2) is 8.10. The average molecular weight is 223 g/mol. The fourth-order valence-corrected chi connectivity index (χ4v) is 0.882. The van der Waals surface area contributed by atoms with Gasteiger partial charge in [-0.3, -0.25) is 10.2 Å². The molecule has 0 saturated carbocycles. The maximum absolute atomic E-state index is 10.7. The first kappa shape index (κ1) is 12.5. The van der Waals surface area contributed by atoms with Crippen LogP contribution in [-0.4, -0.2) is 24.0 Å². The summed E-state index contributed by atoms with van der Waals surface area (Å²) in [5.74, 6) is -0.119. The van der Waals surface area contributed by atoms with Gasteiger partial charge < -0.3 is 0 Å². The molecule has 0 rings (SSSR count). The Morgan fingerprint density at radius 2 is 1.77 bits per heavy atom. The van der Waals surface area contributed by atoms with E-state index in [4.69, 9.17) is 23.2 Å². The lowest BCUT2D eigenvalue weighted by molar-refractivity contribution is -0.123. The van der Waals surface area contributed by atoms with Gasteiger partial charge >= 0.3 is 0 Å².